The molecule has 0 radical (unpaired) electrons. The molecule has 0 aliphatic rings. The standard InChI is InChI=1S/C19H24N2O3S2/c1-13-6-7-14(2)17(10-13)25-12-19(22)20-16-9-8-15(3)18(11-16)26(23,24)21(4)5/h6-11H,12H2,1-5H3,(H,20,22). The highest BCUT2D eigenvalue weighted by Gasteiger charge is 2.20. The molecule has 0 aliphatic carbocycles. The topological polar surface area (TPSA) is 66.5 Å². The maximum Gasteiger partial charge on any atom is 0.242 e. The number of hydrogen-bond donors (Lipinski definition) is 1. The SMILES string of the molecule is Cc1ccc(C)c(SCC(=O)Nc2ccc(C)c(S(=O)(=O)N(C)C)c2)c1. The van der Waals surface area contributed by atoms with E-state index in [9.17, 15) is 13.2 Å². The molecule has 0 bridgehead atoms. The number of sulfonamides is 1. The fraction of sp³-hybridized carbons (Fsp3) is 0.316. The van der Waals surface area contributed by atoms with Crippen molar-refractivity contribution < 1.29 is 13.2 Å². The van der Waals surface area contributed by atoms with Gasteiger partial charge in [-0.05, 0) is 50.1 Å². The second-order valence-electron chi connectivity index (χ2n) is 6.37. The van der Waals surface area contributed by atoms with Crippen LogP contribution in [0.3, 0.4) is 0 Å². The first-order valence-corrected chi connectivity index (χ1v) is 10.6. The van der Waals surface area contributed by atoms with E-state index in [0.717, 1.165) is 20.3 Å². The molecule has 0 unspecified atom stereocenters. The van der Waals surface area contributed by atoms with Gasteiger partial charge in [0.05, 0.1) is 10.6 Å². The van der Waals surface area contributed by atoms with Crippen molar-refractivity contribution in [2.24, 2.45) is 0 Å². The van der Waals surface area contributed by atoms with E-state index in [1.165, 1.54) is 31.9 Å². The fourth-order valence-electron chi connectivity index (χ4n) is 2.36. The van der Waals surface area contributed by atoms with E-state index in [4.69, 9.17) is 0 Å². The highest BCUT2D eigenvalue weighted by Crippen LogP contribution is 2.25. The van der Waals surface area contributed by atoms with Crippen LogP contribution in [0.4, 0.5) is 5.69 Å². The van der Waals surface area contributed by atoms with Gasteiger partial charge in [0.1, 0.15) is 0 Å². The third kappa shape index (κ3) is 4.87. The lowest BCUT2D eigenvalue weighted by Gasteiger charge is -2.15. The lowest BCUT2D eigenvalue weighted by Crippen LogP contribution is -2.23. The Labute approximate surface area is 159 Å². The van der Waals surface area contributed by atoms with Crippen molar-refractivity contribution in [1.82, 2.24) is 4.31 Å². The average Bonchev–Trinajstić information content (AvgIpc) is 2.57. The monoisotopic (exact) mass is 392 g/mol. The number of amides is 1. The zero-order valence-corrected chi connectivity index (χ0v) is 17.3. The predicted molar refractivity (Wildman–Crippen MR) is 107 cm³/mol. The number of carbonyl (C=O) groups is 1. The Morgan fingerprint density at radius 3 is 2.35 bits per heavy atom. The molecule has 0 aromatic heterocycles. The maximum atomic E-state index is 12.4. The van der Waals surface area contributed by atoms with Crippen LogP contribution < -0.4 is 5.32 Å². The molecule has 0 fully saturated rings. The summed E-state index contributed by atoms with van der Waals surface area (Å²) in [6, 6.07) is 11.0. The van der Waals surface area contributed by atoms with Crippen LogP contribution in [0.5, 0.6) is 0 Å². The molecule has 0 atom stereocenters. The third-order valence-electron chi connectivity index (χ3n) is 3.93. The van der Waals surface area contributed by atoms with E-state index in [0.29, 0.717) is 11.3 Å². The van der Waals surface area contributed by atoms with Gasteiger partial charge in [-0.15, -0.1) is 11.8 Å². The number of aryl methyl sites for hydroxylation is 3. The number of rotatable bonds is 6. The number of nitrogens with zero attached hydrogens (tertiary/aromatic N) is 1. The number of benzene rings is 2. The van der Waals surface area contributed by atoms with Crippen LogP contribution in [0.15, 0.2) is 46.2 Å². The van der Waals surface area contributed by atoms with Crippen molar-refractivity contribution in [2.75, 3.05) is 25.2 Å². The van der Waals surface area contributed by atoms with Gasteiger partial charge in [0.2, 0.25) is 15.9 Å². The second-order valence-corrected chi connectivity index (χ2v) is 9.51. The lowest BCUT2D eigenvalue weighted by molar-refractivity contribution is -0.113. The highest BCUT2D eigenvalue weighted by atomic mass is 32.2. The van der Waals surface area contributed by atoms with E-state index in [2.05, 4.69) is 11.4 Å². The van der Waals surface area contributed by atoms with Gasteiger partial charge in [-0.2, -0.15) is 0 Å². The second kappa shape index (κ2) is 8.24. The number of anilines is 1. The summed E-state index contributed by atoms with van der Waals surface area (Å²) >= 11 is 1.47. The molecule has 2 aromatic rings. The largest absolute Gasteiger partial charge is 0.325 e. The van der Waals surface area contributed by atoms with Crippen molar-refractivity contribution in [3.8, 4) is 0 Å². The van der Waals surface area contributed by atoms with E-state index in [1.807, 2.05) is 26.0 Å². The van der Waals surface area contributed by atoms with Crippen molar-refractivity contribution in [2.45, 2.75) is 30.6 Å². The summed E-state index contributed by atoms with van der Waals surface area (Å²) in [6.45, 7) is 5.76. The molecule has 1 N–H and O–H groups in total. The van der Waals surface area contributed by atoms with Crippen LogP contribution in [-0.2, 0) is 14.8 Å². The molecule has 0 saturated heterocycles. The zero-order valence-electron chi connectivity index (χ0n) is 15.7. The van der Waals surface area contributed by atoms with Gasteiger partial charge < -0.3 is 5.32 Å². The maximum absolute atomic E-state index is 12.4. The summed E-state index contributed by atoms with van der Waals surface area (Å²) < 4.78 is 25.9. The molecule has 2 rings (SSSR count). The summed E-state index contributed by atoms with van der Waals surface area (Å²) in [5.74, 6) is 0.0847. The summed E-state index contributed by atoms with van der Waals surface area (Å²) in [4.78, 5) is 13.5. The molecule has 0 heterocycles. The minimum Gasteiger partial charge on any atom is -0.325 e. The van der Waals surface area contributed by atoms with Crippen LogP contribution in [0, 0.1) is 20.8 Å². The molecular formula is C19H24N2O3S2. The Hall–Kier alpha value is -1.83. The Kier molecular flexibility index (Phi) is 6.49. The van der Waals surface area contributed by atoms with Crippen molar-refractivity contribution in [3.63, 3.8) is 0 Å². The molecule has 26 heavy (non-hydrogen) atoms. The quantitative estimate of drug-likeness (QED) is 0.763. The van der Waals surface area contributed by atoms with Gasteiger partial charge in [0, 0.05) is 24.7 Å². The van der Waals surface area contributed by atoms with Gasteiger partial charge >= 0.3 is 0 Å². The number of hydrogen-bond acceptors (Lipinski definition) is 4. The average molecular weight is 393 g/mol. The van der Waals surface area contributed by atoms with Crippen LogP contribution >= 0.6 is 11.8 Å². The van der Waals surface area contributed by atoms with Gasteiger partial charge in [-0.25, -0.2) is 12.7 Å². The third-order valence-corrected chi connectivity index (χ3v) is 7.05. The number of nitrogens with one attached hydrogen (secondary N) is 1. The summed E-state index contributed by atoms with van der Waals surface area (Å²) in [6.07, 6.45) is 0. The van der Waals surface area contributed by atoms with Crippen molar-refractivity contribution in [3.05, 3.63) is 53.1 Å². The van der Waals surface area contributed by atoms with Crippen molar-refractivity contribution >= 4 is 33.4 Å². The van der Waals surface area contributed by atoms with E-state index < -0.39 is 10.0 Å². The van der Waals surface area contributed by atoms with E-state index in [-0.39, 0.29) is 16.6 Å². The zero-order chi connectivity index (χ0) is 19.5. The van der Waals surface area contributed by atoms with Crippen LogP contribution in [0.1, 0.15) is 16.7 Å². The van der Waals surface area contributed by atoms with Crippen LogP contribution in [0.25, 0.3) is 0 Å². The Morgan fingerprint density at radius 2 is 1.69 bits per heavy atom. The molecule has 0 saturated carbocycles. The molecule has 7 heteroatoms. The Balaban J connectivity index is 2.11. The summed E-state index contributed by atoms with van der Waals surface area (Å²) in [5.41, 5.74) is 3.39. The molecule has 2 aromatic carbocycles. The van der Waals surface area contributed by atoms with Gasteiger partial charge in [0.15, 0.2) is 0 Å². The molecular weight excluding hydrogens is 368 g/mol. The van der Waals surface area contributed by atoms with E-state index in [1.54, 1.807) is 19.1 Å². The Morgan fingerprint density at radius 1 is 1.04 bits per heavy atom. The first-order valence-electron chi connectivity index (χ1n) is 8.14. The van der Waals surface area contributed by atoms with Gasteiger partial charge in [0.25, 0.3) is 0 Å². The predicted octanol–water partition coefficient (Wildman–Crippen LogP) is 3.59. The molecule has 0 spiro atoms. The first-order chi connectivity index (χ1) is 12.1. The lowest BCUT2D eigenvalue weighted by atomic mass is 10.2. The highest BCUT2D eigenvalue weighted by molar-refractivity contribution is 8.00. The van der Waals surface area contributed by atoms with Crippen LogP contribution in [0.2, 0.25) is 0 Å². The summed E-state index contributed by atoms with van der Waals surface area (Å²) in [5, 5.41) is 2.78. The normalized spacial score (nSPS) is 11.6. The van der Waals surface area contributed by atoms with E-state index >= 15 is 0 Å². The molecule has 1 amide bonds. The number of carbonyl (C=O) groups excluding carboxylic acids is 1. The Bertz CT molecular complexity index is 922. The minimum atomic E-state index is -3.55. The van der Waals surface area contributed by atoms with Crippen molar-refractivity contribution in [1.29, 1.82) is 0 Å². The molecule has 5 nitrogen and oxygen atoms in total. The van der Waals surface area contributed by atoms with Gasteiger partial charge in [-0.3, -0.25) is 4.79 Å². The summed E-state index contributed by atoms with van der Waals surface area (Å²) in [7, 11) is -0.581. The smallest absolute Gasteiger partial charge is 0.242 e. The molecule has 0 aliphatic heterocycles. The minimum absolute atomic E-state index is 0.173. The molecule has 140 valence electrons. The first kappa shape index (κ1) is 20.5. The van der Waals surface area contributed by atoms with Gasteiger partial charge in [-0.1, -0.05) is 23.8 Å². The number of thioether (sulfide) groups is 1. The fourth-order valence-corrected chi connectivity index (χ4v) is 4.42. The van der Waals surface area contributed by atoms with Crippen LogP contribution in [-0.4, -0.2) is 38.5 Å².